The van der Waals surface area contributed by atoms with E-state index in [0.29, 0.717) is 11.4 Å². The number of hydrogen-bond acceptors (Lipinski definition) is 9. The van der Waals surface area contributed by atoms with Crippen molar-refractivity contribution in [1.29, 1.82) is 0 Å². The van der Waals surface area contributed by atoms with E-state index in [1.54, 1.807) is 51.8 Å². The van der Waals surface area contributed by atoms with Crippen LogP contribution in [0.25, 0.3) is 0 Å². The molecule has 0 N–H and O–H groups in total. The molecule has 0 aliphatic carbocycles. The van der Waals surface area contributed by atoms with E-state index < -0.39 is 0 Å². The molecule has 4 amide bonds. The minimum Gasteiger partial charge on any atom is -0.269 e. The Labute approximate surface area is 201 Å². The Bertz CT molecular complexity index is 1110. The molecule has 2 aromatic carbocycles. The van der Waals surface area contributed by atoms with Gasteiger partial charge < -0.3 is 0 Å². The standard InChI is InChI=1S/C22H14N4O4S3/c27-18-9-10-19(28)24(18)14-1-5-16(6-2-14)31-22-13-23-26(33-22)32-17-7-3-15(4-8-17)25-20(29)11-12-21(25)30/h1-13,22H. The van der Waals surface area contributed by atoms with E-state index in [-0.39, 0.29) is 28.2 Å². The van der Waals surface area contributed by atoms with Gasteiger partial charge in [0, 0.05) is 58.0 Å². The molecule has 0 fully saturated rings. The Balaban J connectivity index is 1.15. The Morgan fingerprint density at radius 1 is 0.667 bits per heavy atom. The topological polar surface area (TPSA) is 90.4 Å². The van der Waals surface area contributed by atoms with Gasteiger partial charge in [0.25, 0.3) is 23.6 Å². The van der Waals surface area contributed by atoms with Crippen molar-refractivity contribution in [2.24, 2.45) is 5.10 Å². The first-order chi connectivity index (χ1) is 16.0. The summed E-state index contributed by atoms with van der Waals surface area (Å²) < 4.78 is 1.85. The van der Waals surface area contributed by atoms with Gasteiger partial charge in [0.1, 0.15) is 4.58 Å². The molecule has 0 radical (unpaired) electrons. The number of hydrogen-bond donors (Lipinski definition) is 0. The van der Waals surface area contributed by atoms with Crippen LogP contribution in [0.4, 0.5) is 11.4 Å². The first-order valence-corrected chi connectivity index (χ1v) is 12.1. The SMILES string of the molecule is O=C1C=CC(=O)N1c1ccc(SC2C=NN(Sc3ccc(N4C(=O)C=CC4=O)cc3)S2)cc1. The smallest absolute Gasteiger partial charge is 0.258 e. The molecule has 164 valence electrons. The molecule has 3 aliphatic heterocycles. The molecular weight excluding hydrogens is 480 g/mol. The predicted octanol–water partition coefficient (Wildman–Crippen LogP) is 3.62. The lowest BCUT2D eigenvalue weighted by Gasteiger charge is -2.16. The number of carbonyl (C=O) groups is 4. The number of thioether (sulfide) groups is 1. The van der Waals surface area contributed by atoms with E-state index in [4.69, 9.17) is 0 Å². The van der Waals surface area contributed by atoms with Gasteiger partial charge in [0.15, 0.2) is 0 Å². The Hall–Kier alpha value is -3.28. The average Bonchev–Trinajstić information content (AvgIpc) is 3.49. The minimum absolute atomic E-state index is 0.0604. The molecule has 0 spiro atoms. The highest BCUT2D eigenvalue weighted by Gasteiger charge is 2.27. The zero-order chi connectivity index (χ0) is 22.9. The van der Waals surface area contributed by atoms with Crippen LogP contribution in [0.3, 0.4) is 0 Å². The minimum atomic E-state index is -0.344. The van der Waals surface area contributed by atoms with Crippen molar-refractivity contribution >= 4 is 76.9 Å². The summed E-state index contributed by atoms with van der Waals surface area (Å²) in [5, 5.41) is 4.41. The van der Waals surface area contributed by atoms with E-state index in [1.165, 1.54) is 36.3 Å². The number of imide groups is 2. The van der Waals surface area contributed by atoms with Crippen LogP contribution in [0.15, 0.2) is 87.7 Å². The molecule has 11 heteroatoms. The molecule has 0 saturated carbocycles. The van der Waals surface area contributed by atoms with Crippen LogP contribution in [0, 0.1) is 0 Å². The Morgan fingerprint density at radius 3 is 1.61 bits per heavy atom. The van der Waals surface area contributed by atoms with Crippen LogP contribution in [0.1, 0.15) is 0 Å². The molecule has 1 unspecified atom stereocenters. The largest absolute Gasteiger partial charge is 0.269 e. The van der Waals surface area contributed by atoms with Crippen LogP contribution < -0.4 is 9.80 Å². The fourth-order valence-electron chi connectivity index (χ4n) is 3.21. The molecule has 33 heavy (non-hydrogen) atoms. The van der Waals surface area contributed by atoms with Gasteiger partial charge in [-0.25, -0.2) is 9.80 Å². The second kappa shape index (κ2) is 8.93. The maximum absolute atomic E-state index is 11.8. The zero-order valence-electron chi connectivity index (χ0n) is 16.7. The summed E-state index contributed by atoms with van der Waals surface area (Å²) in [6.45, 7) is 0. The molecule has 1 atom stereocenters. The monoisotopic (exact) mass is 494 g/mol. The predicted molar refractivity (Wildman–Crippen MR) is 130 cm³/mol. The van der Waals surface area contributed by atoms with Gasteiger partial charge in [-0.3, -0.25) is 19.2 Å². The van der Waals surface area contributed by atoms with Crippen LogP contribution in [-0.4, -0.2) is 38.2 Å². The third-order valence-electron chi connectivity index (χ3n) is 4.72. The number of benzene rings is 2. The normalized spacial score (nSPS) is 19.6. The van der Waals surface area contributed by atoms with Crippen molar-refractivity contribution in [1.82, 2.24) is 3.82 Å². The van der Waals surface area contributed by atoms with E-state index >= 15 is 0 Å². The molecule has 0 saturated heterocycles. The number of amides is 4. The first-order valence-electron chi connectivity index (χ1n) is 9.66. The number of anilines is 2. The number of hydrazone groups is 1. The van der Waals surface area contributed by atoms with Crippen molar-refractivity contribution in [2.45, 2.75) is 14.4 Å². The van der Waals surface area contributed by atoms with E-state index in [2.05, 4.69) is 5.10 Å². The summed E-state index contributed by atoms with van der Waals surface area (Å²) in [6.07, 6.45) is 6.89. The fourth-order valence-corrected chi connectivity index (χ4v) is 6.45. The lowest BCUT2D eigenvalue weighted by atomic mass is 10.3. The third-order valence-corrected chi connectivity index (χ3v) is 7.99. The Kier molecular flexibility index (Phi) is 5.83. The van der Waals surface area contributed by atoms with Gasteiger partial charge in [-0.1, -0.05) is 0 Å². The molecule has 8 nitrogen and oxygen atoms in total. The molecule has 3 aliphatic rings. The van der Waals surface area contributed by atoms with Gasteiger partial charge in [0.2, 0.25) is 0 Å². The lowest BCUT2D eigenvalue weighted by molar-refractivity contribution is -0.121. The average molecular weight is 495 g/mol. The van der Waals surface area contributed by atoms with Crippen LogP contribution in [-0.2, 0) is 19.2 Å². The van der Waals surface area contributed by atoms with Crippen LogP contribution in [0.2, 0.25) is 0 Å². The Morgan fingerprint density at radius 2 is 1.12 bits per heavy atom. The summed E-state index contributed by atoms with van der Waals surface area (Å²) in [7, 11) is 0. The fraction of sp³-hybridized carbons (Fsp3) is 0.0455. The van der Waals surface area contributed by atoms with Gasteiger partial charge in [-0.2, -0.15) is 8.92 Å². The molecule has 3 heterocycles. The van der Waals surface area contributed by atoms with Crippen molar-refractivity contribution in [3.05, 3.63) is 72.8 Å². The summed E-state index contributed by atoms with van der Waals surface area (Å²) in [5.74, 6) is -1.36. The molecular formula is C22H14N4O4S3. The second-order valence-electron chi connectivity index (χ2n) is 6.86. The van der Waals surface area contributed by atoms with E-state index in [0.717, 1.165) is 19.6 Å². The van der Waals surface area contributed by atoms with Crippen molar-refractivity contribution in [2.75, 3.05) is 9.80 Å². The van der Waals surface area contributed by atoms with Crippen molar-refractivity contribution in [3.8, 4) is 0 Å². The molecule has 5 rings (SSSR count). The number of carbonyl (C=O) groups excluding carboxylic acids is 4. The van der Waals surface area contributed by atoms with Crippen LogP contribution >= 0.6 is 35.7 Å². The van der Waals surface area contributed by atoms with Crippen molar-refractivity contribution in [3.63, 3.8) is 0 Å². The highest BCUT2D eigenvalue weighted by atomic mass is 32.2. The maximum atomic E-state index is 11.8. The lowest BCUT2D eigenvalue weighted by Crippen LogP contribution is -2.29. The summed E-state index contributed by atoms with van der Waals surface area (Å²) in [6, 6.07) is 14.4. The third kappa shape index (κ3) is 4.47. The first kappa shape index (κ1) is 21.6. The van der Waals surface area contributed by atoms with Crippen molar-refractivity contribution < 1.29 is 19.2 Å². The van der Waals surface area contributed by atoms with E-state index in [1.807, 2.05) is 30.5 Å². The quantitative estimate of drug-likeness (QED) is 0.444. The van der Waals surface area contributed by atoms with Gasteiger partial charge in [-0.05, 0) is 48.5 Å². The summed E-state index contributed by atoms with van der Waals surface area (Å²) in [5.41, 5.74) is 1.07. The van der Waals surface area contributed by atoms with E-state index in [9.17, 15) is 19.2 Å². The zero-order valence-corrected chi connectivity index (χ0v) is 19.2. The van der Waals surface area contributed by atoms with Gasteiger partial charge in [0.05, 0.1) is 17.6 Å². The van der Waals surface area contributed by atoms with Gasteiger partial charge >= 0.3 is 0 Å². The number of nitrogens with zero attached hydrogens (tertiary/aromatic N) is 4. The van der Waals surface area contributed by atoms with Crippen LogP contribution in [0.5, 0.6) is 0 Å². The maximum Gasteiger partial charge on any atom is 0.258 e. The van der Waals surface area contributed by atoms with Gasteiger partial charge in [-0.15, -0.1) is 11.8 Å². The second-order valence-corrected chi connectivity index (χ2v) is 10.7. The highest BCUT2D eigenvalue weighted by Crippen LogP contribution is 2.42. The number of rotatable bonds is 6. The molecule has 0 bridgehead atoms. The summed E-state index contributed by atoms with van der Waals surface area (Å²) in [4.78, 5) is 51.3. The summed E-state index contributed by atoms with van der Waals surface area (Å²) >= 11 is 4.58. The molecule has 2 aromatic rings. The highest BCUT2D eigenvalue weighted by molar-refractivity contribution is 8.21. The molecule has 0 aromatic heterocycles.